The number of aliphatic hydroxyl groups is 8. The second kappa shape index (κ2) is 17.8. The molecule has 0 aliphatic carbocycles. The van der Waals surface area contributed by atoms with Crippen molar-refractivity contribution in [2.24, 2.45) is 0 Å². The van der Waals surface area contributed by atoms with Crippen LogP contribution in [0.1, 0.15) is 11.1 Å². The smallest absolute Gasteiger partial charge is 0.331 e. The maximum atomic E-state index is 13.2. The van der Waals surface area contributed by atoms with E-state index >= 15 is 0 Å². The van der Waals surface area contributed by atoms with Crippen molar-refractivity contribution in [1.29, 1.82) is 0 Å². The summed E-state index contributed by atoms with van der Waals surface area (Å²) in [5, 5.41) is 122. The number of carbonyl (C=O) groups is 1. The Bertz CT molecular complexity index is 1590. The van der Waals surface area contributed by atoms with Gasteiger partial charge < -0.3 is 94.4 Å². The van der Waals surface area contributed by atoms with Crippen LogP contribution in [0.25, 0.3) is 6.08 Å². The van der Waals surface area contributed by atoms with E-state index in [2.05, 4.69) is 0 Å². The monoisotopic (exact) mass is 772 g/mol. The third-order valence-corrected chi connectivity index (χ3v) is 9.14. The summed E-state index contributed by atoms with van der Waals surface area (Å²) in [6.07, 6.45) is -18.0. The van der Waals surface area contributed by atoms with E-state index in [0.29, 0.717) is 5.56 Å². The van der Waals surface area contributed by atoms with Gasteiger partial charge in [0.2, 0.25) is 0 Å². The van der Waals surface area contributed by atoms with E-state index in [0.717, 1.165) is 12.1 Å². The average Bonchev–Trinajstić information content (AvgIpc) is 3.44. The molecule has 54 heavy (non-hydrogen) atoms. The first-order chi connectivity index (χ1) is 25.6. The van der Waals surface area contributed by atoms with Gasteiger partial charge in [-0.1, -0.05) is 12.1 Å². The number of esters is 1. The van der Waals surface area contributed by atoms with Gasteiger partial charge in [0.25, 0.3) is 0 Å². The predicted molar refractivity (Wildman–Crippen MR) is 175 cm³/mol. The lowest BCUT2D eigenvalue weighted by molar-refractivity contribution is -0.349. The number of ether oxygens (including phenoxy) is 7. The molecule has 12 N–H and O–H groups in total. The fraction of sp³-hybridized carbons (Fsp3) is 0.559. The van der Waals surface area contributed by atoms with E-state index in [1.165, 1.54) is 36.4 Å². The van der Waals surface area contributed by atoms with Crippen LogP contribution in [-0.2, 0) is 44.4 Å². The standard InChI is InChI=1S/C34H44O20/c35-11-21-24(42)26(44)27(45)31(51-21)49-12-22-25(43)28(53-23(41)6-3-15-1-4-17(37)19(39)9-15)29(54-33-30(46)34(47,13-36)14-50-33)32(52-22)48-8-7-16-2-5-18(38)20(40)10-16/h1-6,9-10,21-22,24-33,35-40,42-47H,7-8,11-14H2/b6-3+/t21-,22-,24-,25-,26+,27-,28-,29-,30+,31-,32-,33+,34-/m1/s1. The summed E-state index contributed by atoms with van der Waals surface area (Å²) in [7, 11) is 0. The van der Waals surface area contributed by atoms with Crippen LogP contribution in [0.2, 0.25) is 0 Å². The highest BCUT2D eigenvalue weighted by molar-refractivity contribution is 5.87. The summed E-state index contributed by atoms with van der Waals surface area (Å²) in [4.78, 5) is 13.2. The number of aliphatic hydroxyl groups excluding tert-OH is 7. The topological polar surface area (TPSA) is 324 Å². The molecular formula is C34H44O20. The Kier molecular flexibility index (Phi) is 13.7. The van der Waals surface area contributed by atoms with Crippen molar-refractivity contribution in [2.45, 2.75) is 85.8 Å². The van der Waals surface area contributed by atoms with Gasteiger partial charge in [-0.05, 0) is 47.9 Å². The van der Waals surface area contributed by atoms with Crippen molar-refractivity contribution in [1.82, 2.24) is 0 Å². The molecule has 0 saturated carbocycles. The van der Waals surface area contributed by atoms with Crippen LogP contribution >= 0.6 is 0 Å². The van der Waals surface area contributed by atoms with Crippen molar-refractivity contribution in [2.75, 3.05) is 33.0 Å². The summed E-state index contributed by atoms with van der Waals surface area (Å²) in [6, 6.07) is 7.73. The second-order valence-electron chi connectivity index (χ2n) is 13.0. The zero-order valence-electron chi connectivity index (χ0n) is 28.4. The first-order valence-electron chi connectivity index (χ1n) is 16.7. The van der Waals surface area contributed by atoms with Gasteiger partial charge in [-0.15, -0.1) is 0 Å². The van der Waals surface area contributed by atoms with E-state index in [4.69, 9.17) is 33.2 Å². The third-order valence-electron chi connectivity index (χ3n) is 9.14. The summed E-state index contributed by atoms with van der Waals surface area (Å²) in [5.41, 5.74) is -1.39. The average molecular weight is 773 g/mol. The van der Waals surface area contributed by atoms with Gasteiger partial charge >= 0.3 is 5.97 Å². The number of aromatic hydroxyl groups is 4. The molecule has 0 amide bonds. The maximum Gasteiger partial charge on any atom is 0.331 e. The summed E-state index contributed by atoms with van der Waals surface area (Å²) in [5.74, 6) is -2.73. The molecule has 2 aromatic rings. The SMILES string of the molecule is O=C(/C=C/c1ccc(O)c(O)c1)O[C@@H]1[C@H](O)[C@@H](CO[C@@H]2O[C@H](CO)[C@@H](O)[C@H](O)[C@H]2O)O[C@@H](OCCc2ccc(O)c(O)c2)[C@@H]1O[C@@H]1OC[C@](O)(CO)[C@H]1O. The van der Waals surface area contributed by atoms with Gasteiger partial charge in [-0.25, -0.2) is 4.79 Å². The van der Waals surface area contributed by atoms with E-state index in [1.54, 1.807) is 0 Å². The Morgan fingerprint density at radius 3 is 2.11 bits per heavy atom. The van der Waals surface area contributed by atoms with E-state index in [1.807, 2.05) is 0 Å². The highest BCUT2D eigenvalue weighted by Gasteiger charge is 2.55. The molecule has 3 heterocycles. The molecule has 3 aliphatic rings. The van der Waals surface area contributed by atoms with Gasteiger partial charge in [0.05, 0.1) is 33.0 Å². The van der Waals surface area contributed by atoms with Crippen LogP contribution in [-0.4, -0.2) is 180 Å². The molecule has 0 bridgehead atoms. The predicted octanol–water partition coefficient (Wildman–Crippen LogP) is -3.58. The first kappa shape index (κ1) is 41.5. The van der Waals surface area contributed by atoms with Crippen LogP contribution in [0.15, 0.2) is 42.5 Å². The molecule has 3 aliphatic heterocycles. The van der Waals surface area contributed by atoms with Gasteiger partial charge in [0, 0.05) is 6.08 Å². The van der Waals surface area contributed by atoms with Gasteiger partial charge in [-0.2, -0.15) is 0 Å². The lowest BCUT2D eigenvalue weighted by atomic mass is 9.97. The molecule has 3 fully saturated rings. The summed E-state index contributed by atoms with van der Waals surface area (Å²) in [6.45, 7) is -3.12. The zero-order chi connectivity index (χ0) is 39.3. The molecule has 0 spiro atoms. The van der Waals surface area contributed by atoms with E-state index in [-0.39, 0.29) is 24.3 Å². The Labute approximate surface area is 306 Å². The van der Waals surface area contributed by atoms with Crippen LogP contribution in [0.5, 0.6) is 23.0 Å². The molecular weight excluding hydrogens is 728 g/mol. The number of hydrogen-bond acceptors (Lipinski definition) is 20. The number of phenols is 4. The first-order valence-corrected chi connectivity index (χ1v) is 16.7. The highest BCUT2D eigenvalue weighted by Crippen LogP contribution is 2.34. The lowest BCUT2D eigenvalue weighted by Crippen LogP contribution is -2.63. The third kappa shape index (κ3) is 9.38. The van der Waals surface area contributed by atoms with Crippen molar-refractivity contribution in [3.63, 3.8) is 0 Å². The van der Waals surface area contributed by atoms with Crippen molar-refractivity contribution < 1.29 is 99.2 Å². The molecule has 20 nitrogen and oxygen atoms in total. The minimum Gasteiger partial charge on any atom is -0.504 e. The number of phenolic OH excluding ortho intramolecular Hbond substituents is 4. The Morgan fingerprint density at radius 2 is 1.46 bits per heavy atom. The van der Waals surface area contributed by atoms with E-state index < -0.39 is 129 Å². The molecule has 20 heteroatoms. The Balaban J connectivity index is 1.41. The number of rotatable bonds is 14. The molecule has 300 valence electrons. The minimum absolute atomic E-state index is 0.0918. The van der Waals surface area contributed by atoms with Crippen LogP contribution in [0.4, 0.5) is 0 Å². The van der Waals surface area contributed by atoms with E-state index in [9.17, 15) is 66.1 Å². The van der Waals surface area contributed by atoms with Crippen LogP contribution in [0.3, 0.4) is 0 Å². The number of benzene rings is 2. The van der Waals surface area contributed by atoms with Gasteiger partial charge in [-0.3, -0.25) is 0 Å². The van der Waals surface area contributed by atoms with Gasteiger partial charge in [0.1, 0.15) is 48.3 Å². The molecule has 5 rings (SSSR count). The normalized spacial score (nSPS) is 35.7. The molecule has 0 unspecified atom stereocenters. The largest absolute Gasteiger partial charge is 0.504 e. The fourth-order valence-corrected chi connectivity index (χ4v) is 5.90. The Morgan fingerprint density at radius 1 is 0.778 bits per heavy atom. The molecule has 0 aromatic heterocycles. The Hall–Kier alpha value is -3.71. The lowest BCUT2D eigenvalue weighted by Gasteiger charge is -2.45. The quantitative estimate of drug-likeness (QED) is 0.0502. The molecule has 2 aromatic carbocycles. The number of carbonyl (C=O) groups excluding carboxylic acids is 1. The highest BCUT2D eigenvalue weighted by atomic mass is 16.8. The maximum absolute atomic E-state index is 13.2. The fourth-order valence-electron chi connectivity index (χ4n) is 5.90. The van der Waals surface area contributed by atoms with Gasteiger partial charge in [0.15, 0.2) is 54.1 Å². The van der Waals surface area contributed by atoms with Crippen LogP contribution < -0.4 is 0 Å². The van der Waals surface area contributed by atoms with Crippen molar-refractivity contribution >= 4 is 12.0 Å². The van der Waals surface area contributed by atoms with Crippen molar-refractivity contribution in [3.8, 4) is 23.0 Å². The molecule has 3 saturated heterocycles. The summed E-state index contributed by atoms with van der Waals surface area (Å²) < 4.78 is 39.8. The van der Waals surface area contributed by atoms with Crippen molar-refractivity contribution in [3.05, 3.63) is 53.6 Å². The zero-order valence-corrected chi connectivity index (χ0v) is 28.4. The minimum atomic E-state index is -2.15. The molecule has 0 radical (unpaired) electrons. The number of hydrogen-bond donors (Lipinski definition) is 12. The molecule has 13 atom stereocenters. The van der Waals surface area contributed by atoms with Crippen LogP contribution in [0, 0.1) is 0 Å². The summed E-state index contributed by atoms with van der Waals surface area (Å²) >= 11 is 0. The second-order valence-corrected chi connectivity index (χ2v) is 13.0.